The van der Waals surface area contributed by atoms with Gasteiger partial charge in [0.2, 0.25) is 5.91 Å². The maximum Gasteiger partial charge on any atom is 0.237 e. The molecule has 2 aliphatic carbocycles. The molecule has 0 aromatic rings. The first-order valence-electron chi connectivity index (χ1n) is 6.94. The number of amides is 1. The monoisotopic (exact) mass is 374 g/mol. The second kappa shape index (κ2) is 4.32. The molecule has 1 N–H and O–H groups in total. The summed E-state index contributed by atoms with van der Waals surface area (Å²) < 4.78 is -0.192. The van der Waals surface area contributed by atoms with E-state index in [1.54, 1.807) is 0 Å². The second-order valence-electron chi connectivity index (χ2n) is 6.71. The van der Waals surface area contributed by atoms with E-state index in [4.69, 9.17) is 0 Å². The molecule has 0 bridgehead atoms. The Morgan fingerprint density at radius 1 is 1.58 bits per heavy atom. The number of likely N-dealkylation sites (tertiary alicyclic amines) is 1. The summed E-state index contributed by atoms with van der Waals surface area (Å²) in [5.41, 5.74) is -0.0516. The molecule has 19 heavy (non-hydrogen) atoms. The molecule has 3 aliphatic rings. The minimum atomic E-state index is -0.260. The molecule has 1 amide bonds. The zero-order valence-electron chi connectivity index (χ0n) is 11.1. The normalized spacial score (nSPS) is 40.0. The predicted octanol–water partition coefficient (Wildman–Crippen LogP) is 1.86. The van der Waals surface area contributed by atoms with E-state index in [2.05, 4.69) is 35.6 Å². The van der Waals surface area contributed by atoms with Gasteiger partial charge in [0.1, 0.15) is 6.04 Å². The van der Waals surface area contributed by atoms with Gasteiger partial charge in [0.15, 0.2) is 0 Å². The number of hydrogen-bond acceptors (Lipinski definition) is 3. The molecule has 1 aliphatic heterocycles. The van der Waals surface area contributed by atoms with Crippen LogP contribution in [0.15, 0.2) is 0 Å². The Kier molecular flexibility index (Phi) is 3.10. The smallest absolute Gasteiger partial charge is 0.237 e. The molecule has 4 nitrogen and oxygen atoms in total. The molecule has 0 aromatic heterocycles. The average molecular weight is 374 g/mol. The number of fused-ring (bicyclic) bond motifs is 1. The van der Waals surface area contributed by atoms with Crippen LogP contribution in [-0.4, -0.2) is 38.5 Å². The van der Waals surface area contributed by atoms with Gasteiger partial charge in [0.05, 0.1) is 16.6 Å². The summed E-state index contributed by atoms with van der Waals surface area (Å²) in [4.78, 5) is 14.6. The van der Waals surface area contributed by atoms with E-state index in [0.717, 1.165) is 32.1 Å². The number of piperidine rings is 1. The summed E-state index contributed by atoms with van der Waals surface area (Å²) in [6.45, 7) is 2.25. The van der Waals surface area contributed by atoms with Gasteiger partial charge in [-0.25, -0.2) is 0 Å². The molecular formula is C14H19IN2O2. The number of aliphatic hydroxyl groups excluding tert-OH is 1. The second-order valence-corrected chi connectivity index (χ2v) is 7.95. The zero-order valence-corrected chi connectivity index (χ0v) is 13.3. The van der Waals surface area contributed by atoms with Crippen LogP contribution in [0.25, 0.3) is 0 Å². The lowest BCUT2D eigenvalue weighted by Crippen LogP contribution is -2.52. The van der Waals surface area contributed by atoms with Gasteiger partial charge in [-0.2, -0.15) is 5.26 Å². The minimum absolute atomic E-state index is 0.0760. The van der Waals surface area contributed by atoms with Gasteiger partial charge in [-0.15, -0.1) is 0 Å². The summed E-state index contributed by atoms with van der Waals surface area (Å²) in [5.74, 6) is 0.0760. The molecule has 3 fully saturated rings. The number of carbonyl (C=O) groups is 1. The quantitative estimate of drug-likeness (QED) is 0.606. The average Bonchev–Trinajstić information content (AvgIpc) is 2.90. The van der Waals surface area contributed by atoms with E-state index >= 15 is 0 Å². The van der Waals surface area contributed by atoms with E-state index in [9.17, 15) is 15.2 Å². The highest BCUT2D eigenvalue weighted by atomic mass is 127. The number of nitriles is 1. The van der Waals surface area contributed by atoms with Crippen molar-refractivity contribution in [1.82, 2.24) is 4.90 Å². The van der Waals surface area contributed by atoms with E-state index < -0.39 is 0 Å². The lowest BCUT2D eigenvalue weighted by atomic mass is 9.67. The van der Waals surface area contributed by atoms with Crippen molar-refractivity contribution in [3.8, 4) is 6.07 Å². The Morgan fingerprint density at radius 3 is 2.74 bits per heavy atom. The van der Waals surface area contributed by atoms with Gasteiger partial charge >= 0.3 is 0 Å². The highest BCUT2D eigenvalue weighted by Gasteiger charge is 2.64. The largest absolute Gasteiger partial charge is 0.396 e. The summed E-state index contributed by atoms with van der Waals surface area (Å²) in [7, 11) is 0. The first kappa shape index (κ1) is 13.6. The molecule has 1 saturated heterocycles. The third-order valence-corrected chi connectivity index (χ3v) is 7.31. The number of nitrogens with zero attached hydrogens (tertiary/aromatic N) is 2. The number of aliphatic hydroxyl groups is 1. The standard InChI is InChI=1S/C14H19IN2O2/c1-13-5-9(7-16)17(10(13)6-13)12(19)11(15)14(8-18)3-2-4-14/h9-11,18H,2-6,8H2,1H3/t9-,10?,11+,13+/m0/s1. The maximum absolute atomic E-state index is 12.7. The zero-order chi connectivity index (χ0) is 13.8. The van der Waals surface area contributed by atoms with Gasteiger partial charge in [-0.3, -0.25) is 4.79 Å². The van der Waals surface area contributed by atoms with Gasteiger partial charge in [-0.05, 0) is 31.1 Å². The van der Waals surface area contributed by atoms with Crippen molar-refractivity contribution < 1.29 is 9.90 Å². The van der Waals surface area contributed by atoms with Crippen LogP contribution in [0.3, 0.4) is 0 Å². The van der Waals surface area contributed by atoms with Crippen molar-refractivity contribution >= 4 is 28.5 Å². The maximum atomic E-state index is 12.7. The van der Waals surface area contributed by atoms with Crippen LogP contribution in [0.4, 0.5) is 0 Å². The molecule has 3 rings (SSSR count). The van der Waals surface area contributed by atoms with Gasteiger partial charge < -0.3 is 10.0 Å². The molecule has 0 radical (unpaired) electrons. The topological polar surface area (TPSA) is 64.3 Å². The number of alkyl halides is 1. The van der Waals surface area contributed by atoms with Crippen LogP contribution in [0.2, 0.25) is 0 Å². The lowest BCUT2D eigenvalue weighted by molar-refractivity contribution is -0.135. The Bertz CT molecular complexity index is 451. The Morgan fingerprint density at radius 2 is 2.26 bits per heavy atom. The van der Waals surface area contributed by atoms with Crippen LogP contribution >= 0.6 is 22.6 Å². The van der Waals surface area contributed by atoms with E-state index in [-0.39, 0.29) is 39.4 Å². The number of halogens is 1. The Labute approximate surface area is 127 Å². The van der Waals surface area contributed by atoms with Crippen LogP contribution in [-0.2, 0) is 4.79 Å². The molecule has 0 aromatic carbocycles. The molecule has 0 spiro atoms. The molecule has 1 heterocycles. The minimum Gasteiger partial charge on any atom is -0.396 e. The van der Waals surface area contributed by atoms with E-state index in [1.165, 1.54) is 0 Å². The third kappa shape index (κ3) is 1.83. The predicted molar refractivity (Wildman–Crippen MR) is 78.6 cm³/mol. The first-order chi connectivity index (χ1) is 8.97. The van der Waals surface area contributed by atoms with Crippen LogP contribution in [0.5, 0.6) is 0 Å². The summed E-state index contributed by atoms with van der Waals surface area (Å²) in [6.07, 6.45) is 4.80. The van der Waals surface area contributed by atoms with Crippen molar-refractivity contribution in [3.05, 3.63) is 0 Å². The van der Waals surface area contributed by atoms with Crippen LogP contribution in [0, 0.1) is 22.2 Å². The first-order valence-corrected chi connectivity index (χ1v) is 8.19. The van der Waals surface area contributed by atoms with E-state index in [1.807, 2.05) is 4.90 Å². The Hall–Kier alpha value is -0.350. The SMILES string of the molecule is C[C@@]12CC1N(C(=O)[C@@H](I)C1(CO)CCC1)[C@H](C#N)C2. The van der Waals surface area contributed by atoms with E-state index in [0.29, 0.717) is 0 Å². The summed E-state index contributed by atoms with van der Waals surface area (Å²) in [5, 5.41) is 18.9. The van der Waals surface area contributed by atoms with Crippen molar-refractivity contribution in [2.75, 3.05) is 6.61 Å². The van der Waals surface area contributed by atoms with Crippen molar-refractivity contribution in [1.29, 1.82) is 5.26 Å². The van der Waals surface area contributed by atoms with Crippen LogP contribution in [0.1, 0.15) is 39.0 Å². The number of carbonyl (C=O) groups excluding carboxylic acids is 1. The molecular weight excluding hydrogens is 355 g/mol. The Balaban J connectivity index is 1.79. The lowest BCUT2D eigenvalue weighted by Gasteiger charge is -2.44. The van der Waals surface area contributed by atoms with Gasteiger partial charge in [-0.1, -0.05) is 35.9 Å². The molecule has 5 heteroatoms. The summed E-state index contributed by atoms with van der Waals surface area (Å²) >= 11 is 2.19. The number of rotatable bonds is 3. The van der Waals surface area contributed by atoms with Gasteiger partial charge in [0, 0.05) is 11.5 Å². The fraction of sp³-hybridized carbons (Fsp3) is 0.857. The molecule has 2 saturated carbocycles. The van der Waals surface area contributed by atoms with Gasteiger partial charge in [0.25, 0.3) is 0 Å². The fourth-order valence-electron chi connectivity index (χ4n) is 3.72. The van der Waals surface area contributed by atoms with Crippen LogP contribution < -0.4 is 0 Å². The highest BCUT2D eigenvalue weighted by molar-refractivity contribution is 14.1. The molecule has 104 valence electrons. The highest BCUT2D eigenvalue weighted by Crippen LogP contribution is 2.60. The third-order valence-electron chi connectivity index (χ3n) is 5.46. The molecule has 1 unspecified atom stereocenters. The van der Waals surface area contributed by atoms with Crippen molar-refractivity contribution in [2.24, 2.45) is 10.8 Å². The summed E-state index contributed by atoms with van der Waals surface area (Å²) in [6, 6.07) is 2.28. The van der Waals surface area contributed by atoms with Crippen molar-refractivity contribution in [2.45, 2.75) is 55.0 Å². The fourth-order valence-corrected chi connectivity index (χ4v) is 4.87. The molecule has 4 atom stereocenters. The number of hydrogen-bond donors (Lipinski definition) is 1. The van der Waals surface area contributed by atoms with Crippen molar-refractivity contribution in [3.63, 3.8) is 0 Å².